The first-order valence-electron chi connectivity index (χ1n) is 10.2. The minimum absolute atomic E-state index is 0. The molecule has 0 bridgehead atoms. The highest BCUT2D eigenvalue weighted by molar-refractivity contribution is 5.85. The second-order valence-electron chi connectivity index (χ2n) is 8.01. The number of H-pyrrole nitrogens is 1. The maximum Gasteiger partial charge on any atom is 0.191 e. The maximum absolute atomic E-state index is 10.3. The number of rotatable bonds is 10. The van der Waals surface area contributed by atoms with Crippen LogP contribution in [0, 0.1) is 0 Å². The summed E-state index contributed by atoms with van der Waals surface area (Å²) in [5.74, 6) is 2.05. The van der Waals surface area contributed by atoms with Crippen LogP contribution in [0.4, 0.5) is 0 Å². The molecule has 0 spiro atoms. The minimum Gasteiger partial charge on any atom is -0.476 e. The molecule has 0 radical (unpaired) electrons. The average molecular weight is 463 g/mol. The highest BCUT2D eigenvalue weighted by Gasteiger charge is 2.27. The summed E-state index contributed by atoms with van der Waals surface area (Å²) in [7, 11) is 0. The molecule has 1 heterocycles. The number of aliphatic hydroxyl groups excluding tert-OH is 3. The Balaban J connectivity index is 0.00000363. The van der Waals surface area contributed by atoms with Gasteiger partial charge in [0.25, 0.3) is 0 Å². The van der Waals surface area contributed by atoms with Crippen LogP contribution in [0.1, 0.15) is 31.9 Å². The predicted molar refractivity (Wildman–Crippen MR) is 126 cm³/mol. The van der Waals surface area contributed by atoms with E-state index in [-0.39, 0.29) is 24.9 Å². The molecular formula is C24H31ClN2O5. The summed E-state index contributed by atoms with van der Waals surface area (Å²) in [6.07, 6.45) is 1.16. The van der Waals surface area contributed by atoms with Gasteiger partial charge in [-0.1, -0.05) is 24.3 Å². The third-order valence-electron chi connectivity index (χ3n) is 4.94. The number of nitrogens with two attached hydrogens (primary N) is 1. The van der Waals surface area contributed by atoms with Crippen LogP contribution in [0.25, 0.3) is 11.1 Å². The molecule has 0 aliphatic heterocycles. The quantitative estimate of drug-likeness (QED) is 0.312. The van der Waals surface area contributed by atoms with Gasteiger partial charge in [-0.15, -0.1) is 12.4 Å². The van der Waals surface area contributed by atoms with Crippen LogP contribution >= 0.6 is 12.4 Å². The number of benzene rings is 2. The van der Waals surface area contributed by atoms with Crippen molar-refractivity contribution < 1.29 is 24.8 Å². The summed E-state index contributed by atoms with van der Waals surface area (Å²) in [5.41, 5.74) is 7.33. The molecular weight excluding hydrogens is 432 g/mol. The molecule has 8 heteroatoms. The molecule has 3 rings (SSSR count). The van der Waals surface area contributed by atoms with Gasteiger partial charge in [-0.2, -0.15) is 0 Å². The average Bonchev–Trinajstić information content (AvgIpc) is 3.22. The fraction of sp³-hybridized carbons (Fsp3) is 0.333. The second kappa shape index (κ2) is 11.4. The van der Waals surface area contributed by atoms with E-state index in [0.717, 1.165) is 17.0 Å². The first-order valence-corrected chi connectivity index (χ1v) is 10.2. The van der Waals surface area contributed by atoms with Gasteiger partial charge in [0, 0.05) is 17.8 Å². The fourth-order valence-electron chi connectivity index (χ4n) is 3.15. The summed E-state index contributed by atoms with van der Waals surface area (Å²) in [6.45, 7) is 3.14. The molecule has 1 unspecified atom stereocenters. The predicted octanol–water partition coefficient (Wildman–Crippen LogP) is 3.79. The van der Waals surface area contributed by atoms with E-state index >= 15 is 0 Å². The fourth-order valence-corrected chi connectivity index (χ4v) is 3.15. The monoisotopic (exact) mass is 462 g/mol. The van der Waals surface area contributed by atoms with E-state index < -0.39 is 24.9 Å². The van der Waals surface area contributed by atoms with Gasteiger partial charge < -0.3 is 35.5 Å². The zero-order valence-electron chi connectivity index (χ0n) is 18.2. The van der Waals surface area contributed by atoms with Crippen molar-refractivity contribution in [2.75, 3.05) is 13.2 Å². The SMILES string of the molecule is CC(C)Oc1cc(-c2ccc(Oc3ccc(C(O)CC(N)(CO)CO)cc3)cc2)c[nH]1.Cl. The van der Waals surface area contributed by atoms with Gasteiger partial charge >= 0.3 is 0 Å². The van der Waals surface area contributed by atoms with Crippen LogP contribution in [0.15, 0.2) is 60.8 Å². The number of ether oxygens (including phenoxy) is 2. The van der Waals surface area contributed by atoms with E-state index in [1.807, 2.05) is 50.4 Å². The minimum atomic E-state index is -1.22. The number of hydrogen-bond donors (Lipinski definition) is 5. The van der Waals surface area contributed by atoms with Gasteiger partial charge in [-0.3, -0.25) is 0 Å². The number of aromatic amines is 1. The van der Waals surface area contributed by atoms with E-state index in [9.17, 15) is 15.3 Å². The molecule has 0 aliphatic rings. The van der Waals surface area contributed by atoms with Gasteiger partial charge in [-0.05, 0) is 55.7 Å². The largest absolute Gasteiger partial charge is 0.476 e. The van der Waals surface area contributed by atoms with E-state index in [2.05, 4.69) is 4.98 Å². The number of aliphatic hydroxyl groups is 3. The van der Waals surface area contributed by atoms with Crippen LogP contribution in [0.2, 0.25) is 0 Å². The van der Waals surface area contributed by atoms with Crippen molar-refractivity contribution in [1.29, 1.82) is 0 Å². The van der Waals surface area contributed by atoms with Crippen molar-refractivity contribution in [3.05, 3.63) is 66.4 Å². The topological polar surface area (TPSA) is 121 Å². The highest BCUT2D eigenvalue weighted by atomic mass is 35.5. The van der Waals surface area contributed by atoms with Crippen molar-refractivity contribution in [2.24, 2.45) is 5.73 Å². The lowest BCUT2D eigenvalue weighted by Gasteiger charge is -2.27. The zero-order valence-corrected chi connectivity index (χ0v) is 19.0. The Morgan fingerprint density at radius 1 is 0.938 bits per heavy atom. The van der Waals surface area contributed by atoms with E-state index in [1.165, 1.54) is 0 Å². The van der Waals surface area contributed by atoms with Crippen LogP contribution in [-0.4, -0.2) is 45.2 Å². The lowest BCUT2D eigenvalue weighted by molar-refractivity contribution is 0.0618. The number of halogens is 1. The second-order valence-corrected chi connectivity index (χ2v) is 8.01. The summed E-state index contributed by atoms with van der Waals surface area (Å²) in [6, 6.07) is 16.7. The standard InChI is InChI=1S/C24H30N2O5.ClH/c1-16(2)30-23-11-19(13-26-23)17-3-7-20(8-4-17)31-21-9-5-18(6-10-21)22(29)12-24(25,14-27)15-28;/h3-11,13,16,22,26-29H,12,14-15,25H2,1-2H3;1H. The molecule has 0 amide bonds. The number of hydrogen-bond acceptors (Lipinski definition) is 6. The molecule has 2 aromatic carbocycles. The Hall–Kier alpha value is -2.55. The third-order valence-corrected chi connectivity index (χ3v) is 4.94. The van der Waals surface area contributed by atoms with Gasteiger partial charge in [0.05, 0.1) is 31.0 Å². The summed E-state index contributed by atoms with van der Waals surface area (Å²) >= 11 is 0. The van der Waals surface area contributed by atoms with Crippen molar-refractivity contribution >= 4 is 12.4 Å². The smallest absolute Gasteiger partial charge is 0.191 e. The molecule has 7 nitrogen and oxygen atoms in total. The van der Waals surface area contributed by atoms with Crippen molar-refractivity contribution in [3.8, 4) is 28.5 Å². The Bertz CT molecular complexity index is 953. The third kappa shape index (κ3) is 6.72. The van der Waals surface area contributed by atoms with E-state index in [0.29, 0.717) is 17.1 Å². The first-order chi connectivity index (χ1) is 14.8. The van der Waals surface area contributed by atoms with Crippen LogP contribution < -0.4 is 15.2 Å². The summed E-state index contributed by atoms with van der Waals surface area (Å²) in [4.78, 5) is 3.12. The molecule has 32 heavy (non-hydrogen) atoms. The lowest BCUT2D eigenvalue weighted by Crippen LogP contribution is -2.48. The molecule has 1 aromatic heterocycles. The molecule has 0 saturated heterocycles. The van der Waals surface area contributed by atoms with Gasteiger partial charge in [0.2, 0.25) is 0 Å². The van der Waals surface area contributed by atoms with Crippen LogP contribution in [0.3, 0.4) is 0 Å². The van der Waals surface area contributed by atoms with Gasteiger partial charge in [0.1, 0.15) is 11.5 Å². The zero-order chi connectivity index (χ0) is 22.4. The molecule has 3 aromatic rings. The molecule has 0 saturated carbocycles. The van der Waals surface area contributed by atoms with Gasteiger partial charge in [-0.25, -0.2) is 0 Å². The van der Waals surface area contributed by atoms with Gasteiger partial charge in [0.15, 0.2) is 5.88 Å². The molecule has 1 atom stereocenters. The molecule has 0 fully saturated rings. The number of nitrogens with one attached hydrogen (secondary N) is 1. The lowest BCUT2D eigenvalue weighted by atomic mass is 9.92. The Labute approximate surface area is 194 Å². The van der Waals surface area contributed by atoms with Crippen molar-refractivity contribution in [2.45, 2.75) is 38.0 Å². The Morgan fingerprint density at radius 2 is 1.50 bits per heavy atom. The van der Waals surface area contributed by atoms with Crippen molar-refractivity contribution in [3.63, 3.8) is 0 Å². The van der Waals surface area contributed by atoms with Crippen LogP contribution in [-0.2, 0) is 0 Å². The summed E-state index contributed by atoms with van der Waals surface area (Å²) < 4.78 is 11.5. The van der Waals surface area contributed by atoms with E-state index in [4.69, 9.17) is 15.2 Å². The highest BCUT2D eigenvalue weighted by Crippen LogP contribution is 2.29. The van der Waals surface area contributed by atoms with Crippen molar-refractivity contribution in [1.82, 2.24) is 4.98 Å². The van der Waals surface area contributed by atoms with E-state index in [1.54, 1.807) is 24.3 Å². The maximum atomic E-state index is 10.3. The normalized spacial score (nSPS) is 12.3. The Morgan fingerprint density at radius 3 is 2.03 bits per heavy atom. The molecule has 174 valence electrons. The summed E-state index contributed by atoms with van der Waals surface area (Å²) in [5, 5.41) is 28.9. The van der Waals surface area contributed by atoms with Crippen LogP contribution in [0.5, 0.6) is 17.4 Å². The first kappa shape index (κ1) is 25.7. The molecule has 0 aliphatic carbocycles. The number of aromatic nitrogens is 1. The molecule has 6 N–H and O–H groups in total. The Kier molecular flexibility index (Phi) is 9.12.